The summed E-state index contributed by atoms with van der Waals surface area (Å²) in [5.74, 6) is 0.686. The van der Waals surface area contributed by atoms with Gasteiger partial charge in [0.1, 0.15) is 5.82 Å². The molecule has 0 aliphatic carbocycles. The average Bonchev–Trinajstić information content (AvgIpc) is 3.13. The highest BCUT2D eigenvalue weighted by Crippen LogP contribution is 2.19. The Morgan fingerprint density at radius 1 is 1.19 bits per heavy atom. The normalized spacial score (nSPS) is 11.8. The predicted molar refractivity (Wildman–Crippen MR) is 110 cm³/mol. The van der Waals surface area contributed by atoms with Crippen LogP contribution in [-0.2, 0) is 11.2 Å². The Hall–Kier alpha value is -2.44. The second kappa shape index (κ2) is 8.97. The third kappa shape index (κ3) is 5.52. The number of hydrogen-bond donors (Lipinski definition) is 1. The predicted octanol–water partition coefficient (Wildman–Crippen LogP) is 4.10. The lowest BCUT2D eigenvalue weighted by Crippen LogP contribution is -2.36. The van der Waals surface area contributed by atoms with Crippen molar-refractivity contribution in [2.45, 2.75) is 19.4 Å². The Morgan fingerprint density at radius 3 is 2.59 bits per heavy atom. The molecule has 3 aromatic rings. The Balaban J connectivity index is 1.55. The molecule has 0 radical (unpaired) electrons. The van der Waals surface area contributed by atoms with E-state index in [-0.39, 0.29) is 18.5 Å². The maximum absolute atomic E-state index is 12.3. The zero-order valence-electron chi connectivity index (χ0n) is 15.2. The smallest absolute Gasteiger partial charge is 0.240 e. The minimum atomic E-state index is -0.0525. The summed E-state index contributed by atoms with van der Waals surface area (Å²) in [6.07, 6.45) is 0.638. The molecule has 1 N–H and O–H groups in total. The highest BCUT2D eigenvalue weighted by molar-refractivity contribution is 7.09. The second-order valence-corrected chi connectivity index (χ2v) is 7.52. The summed E-state index contributed by atoms with van der Waals surface area (Å²) in [5.41, 5.74) is 2.18. The van der Waals surface area contributed by atoms with Crippen molar-refractivity contribution in [3.05, 3.63) is 76.6 Å². The van der Waals surface area contributed by atoms with Crippen LogP contribution in [0.1, 0.15) is 29.9 Å². The van der Waals surface area contributed by atoms with Crippen LogP contribution in [0.2, 0.25) is 5.02 Å². The zero-order chi connectivity index (χ0) is 19.2. The van der Waals surface area contributed by atoms with E-state index in [0.29, 0.717) is 11.4 Å². The topological polar surface area (TPSA) is 58.1 Å². The van der Waals surface area contributed by atoms with Crippen molar-refractivity contribution in [1.82, 2.24) is 14.7 Å². The molecule has 27 heavy (non-hydrogen) atoms. The van der Waals surface area contributed by atoms with Crippen molar-refractivity contribution in [2.24, 2.45) is 0 Å². The Kier molecular flexibility index (Phi) is 6.42. The van der Waals surface area contributed by atoms with Gasteiger partial charge in [-0.25, -0.2) is 4.98 Å². The lowest BCUT2D eigenvalue weighted by molar-refractivity contribution is -0.120. The van der Waals surface area contributed by atoms with Crippen LogP contribution in [0, 0.1) is 0 Å². The fourth-order valence-electron chi connectivity index (χ4n) is 2.65. The van der Waals surface area contributed by atoms with E-state index in [9.17, 15) is 4.79 Å². The summed E-state index contributed by atoms with van der Waals surface area (Å²) in [7, 11) is 1.85. The number of amides is 1. The van der Waals surface area contributed by atoms with Crippen LogP contribution in [0.15, 0.2) is 54.6 Å². The van der Waals surface area contributed by atoms with Crippen molar-refractivity contribution in [2.75, 3.05) is 18.5 Å². The first-order valence-electron chi connectivity index (χ1n) is 8.64. The molecule has 1 heterocycles. The van der Waals surface area contributed by atoms with Crippen LogP contribution in [-0.4, -0.2) is 28.9 Å². The maximum Gasteiger partial charge on any atom is 0.240 e. The van der Waals surface area contributed by atoms with Crippen LogP contribution in [0.3, 0.4) is 0 Å². The maximum atomic E-state index is 12.3. The molecule has 0 saturated heterocycles. The van der Waals surface area contributed by atoms with Crippen molar-refractivity contribution in [3.63, 3.8) is 0 Å². The first-order chi connectivity index (χ1) is 13.0. The van der Waals surface area contributed by atoms with Crippen molar-refractivity contribution in [3.8, 4) is 0 Å². The summed E-state index contributed by atoms with van der Waals surface area (Å²) >= 11 is 7.21. The number of rotatable bonds is 7. The summed E-state index contributed by atoms with van der Waals surface area (Å²) in [6, 6.07) is 17.5. The van der Waals surface area contributed by atoms with Gasteiger partial charge in [0.25, 0.3) is 0 Å². The number of carbonyl (C=O) groups is 1. The van der Waals surface area contributed by atoms with Gasteiger partial charge in [0.15, 0.2) is 0 Å². The lowest BCUT2D eigenvalue weighted by atomic mass is 10.1. The molecule has 0 spiro atoms. The monoisotopic (exact) mass is 400 g/mol. The molecule has 1 amide bonds. The van der Waals surface area contributed by atoms with E-state index in [1.54, 1.807) is 0 Å². The molecule has 1 aromatic heterocycles. The number of aromatic nitrogens is 2. The van der Waals surface area contributed by atoms with Gasteiger partial charge >= 0.3 is 0 Å². The molecule has 0 aliphatic heterocycles. The van der Waals surface area contributed by atoms with Crippen LogP contribution < -0.4 is 10.2 Å². The largest absolute Gasteiger partial charge is 0.348 e. The number of nitrogens with one attached hydrogen (secondary N) is 1. The van der Waals surface area contributed by atoms with Gasteiger partial charge in [-0.3, -0.25) is 4.79 Å². The van der Waals surface area contributed by atoms with Gasteiger partial charge in [-0.05, 0) is 30.2 Å². The lowest BCUT2D eigenvalue weighted by Gasteiger charge is -2.18. The molecule has 7 heteroatoms. The van der Waals surface area contributed by atoms with E-state index in [1.165, 1.54) is 11.5 Å². The fraction of sp³-hybridized carbons (Fsp3) is 0.250. The number of carbonyl (C=O) groups excluding carboxylic acids is 1. The van der Waals surface area contributed by atoms with Gasteiger partial charge < -0.3 is 10.2 Å². The summed E-state index contributed by atoms with van der Waals surface area (Å²) < 4.78 is 4.39. The molecule has 1 atom stereocenters. The molecule has 5 nitrogen and oxygen atoms in total. The fourth-order valence-corrected chi connectivity index (χ4v) is 3.42. The molecule has 0 saturated carbocycles. The number of benzene rings is 2. The number of nitrogens with zero attached hydrogens (tertiary/aromatic N) is 3. The highest BCUT2D eigenvalue weighted by atomic mass is 35.5. The van der Waals surface area contributed by atoms with Crippen molar-refractivity contribution in [1.29, 1.82) is 0 Å². The Morgan fingerprint density at radius 2 is 1.89 bits per heavy atom. The van der Waals surface area contributed by atoms with Crippen molar-refractivity contribution < 1.29 is 4.79 Å². The minimum Gasteiger partial charge on any atom is -0.348 e. The van der Waals surface area contributed by atoms with E-state index in [0.717, 1.165) is 22.1 Å². The van der Waals surface area contributed by atoms with Gasteiger partial charge in [0.05, 0.1) is 12.6 Å². The van der Waals surface area contributed by atoms with E-state index in [1.807, 2.05) is 73.5 Å². The molecule has 3 rings (SSSR count). The molecular formula is C20H21ClN4OS. The minimum absolute atomic E-state index is 0.0398. The molecular weight excluding hydrogens is 380 g/mol. The number of halogens is 1. The van der Waals surface area contributed by atoms with E-state index in [2.05, 4.69) is 14.7 Å². The SMILES string of the molecule is CC(NC(=O)CN(C)c1nc(Cc2ccc(Cl)cc2)ns1)c1ccccc1. The Bertz CT molecular complexity index is 883. The third-order valence-electron chi connectivity index (χ3n) is 4.12. The van der Waals surface area contributed by atoms with Crippen molar-refractivity contribution >= 4 is 34.2 Å². The van der Waals surface area contributed by atoms with Gasteiger partial charge in [-0.2, -0.15) is 4.37 Å². The average molecular weight is 401 g/mol. The number of anilines is 1. The van der Waals surface area contributed by atoms with Crippen LogP contribution in [0.25, 0.3) is 0 Å². The first kappa shape index (κ1) is 19.3. The summed E-state index contributed by atoms with van der Waals surface area (Å²) in [4.78, 5) is 18.7. The van der Waals surface area contributed by atoms with E-state index in [4.69, 9.17) is 11.6 Å². The standard InChI is InChI=1S/C20H21ClN4OS/c1-14(16-6-4-3-5-7-16)22-19(26)13-25(2)20-23-18(24-27-20)12-15-8-10-17(21)11-9-15/h3-11,14H,12-13H2,1-2H3,(H,22,26). The van der Waals surface area contributed by atoms with Gasteiger partial charge in [-0.1, -0.05) is 54.1 Å². The molecule has 1 unspecified atom stereocenters. The number of hydrogen-bond acceptors (Lipinski definition) is 5. The van der Waals surface area contributed by atoms with Crippen LogP contribution >= 0.6 is 23.1 Å². The molecule has 0 aliphatic rings. The van der Waals surface area contributed by atoms with Crippen LogP contribution in [0.5, 0.6) is 0 Å². The van der Waals surface area contributed by atoms with Crippen LogP contribution in [0.4, 0.5) is 5.13 Å². The zero-order valence-corrected chi connectivity index (χ0v) is 16.8. The Labute approximate surface area is 168 Å². The van der Waals surface area contributed by atoms with Gasteiger partial charge in [0, 0.05) is 30.0 Å². The second-order valence-electron chi connectivity index (χ2n) is 6.35. The molecule has 0 fully saturated rings. The summed E-state index contributed by atoms with van der Waals surface area (Å²) in [5, 5.41) is 4.45. The quantitative estimate of drug-likeness (QED) is 0.648. The first-order valence-corrected chi connectivity index (χ1v) is 9.79. The third-order valence-corrected chi connectivity index (χ3v) is 5.24. The number of likely N-dealkylation sites (N-methyl/N-ethyl adjacent to an activating group) is 1. The van der Waals surface area contributed by atoms with Gasteiger partial charge in [0.2, 0.25) is 11.0 Å². The molecule has 2 aromatic carbocycles. The molecule has 140 valence electrons. The van der Waals surface area contributed by atoms with E-state index >= 15 is 0 Å². The highest BCUT2D eigenvalue weighted by Gasteiger charge is 2.15. The van der Waals surface area contributed by atoms with E-state index < -0.39 is 0 Å². The van der Waals surface area contributed by atoms with Gasteiger partial charge in [-0.15, -0.1) is 0 Å². The summed E-state index contributed by atoms with van der Waals surface area (Å²) in [6.45, 7) is 2.20. The molecule has 0 bridgehead atoms.